The molecule has 1 aliphatic rings. The zero-order chi connectivity index (χ0) is 23.5. The van der Waals surface area contributed by atoms with Gasteiger partial charge in [-0.25, -0.2) is 27.7 Å². The van der Waals surface area contributed by atoms with Crippen LogP contribution in [0.3, 0.4) is 0 Å². The highest BCUT2D eigenvalue weighted by atomic mass is 35.5. The molecule has 1 aliphatic heterocycles. The van der Waals surface area contributed by atoms with E-state index in [2.05, 4.69) is 20.1 Å². The third-order valence-corrected chi connectivity index (χ3v) is 5.82. The van der Waals surface area contributed by atoms with Crippen LogP contribution in [0.4, 0.5) is 13.2 Å². The summed E-state index contributed by atoms with van der Waals surface area (Å²) in [5.74, 6) is -2.14. The number of carbonyl (C=O) groups is 1. The van der Waals surface area contributed by atoms with Gasteiger partial charge in [0, 0.05) is 24.9 Å². The van der Waals surface area contributed by atoms with Gasteiger partial charge in [-0.15, -0.1) is 0 Å². The van der Waals surface area contributed by atoms with E-state index < -0.39 is 41.4 Å². The van der Waals surface area contributed by atoms with Gasteiger partial charge in [-0.05, 0) is 32.0 Å². The lowest BCUT2D eigenvalue weighted by molar-refractivity contribution is 0.0630. The molecule has 1 atom stereocenters. The van der Waals surface area contributed by atoms with Crippen molar-refractivity contribution in [3.63, 3.8) is 0 Å². The standard InChI is InChI=1S/C21H18ClF3N6O2/c1-21(2,25)20-28-15(18(23)24)17(33-20)19(32)30-7-5-11-14(27-9-26-11)16(30)12-8-13-10(22)4-3-6-31(13)29-12/h3-4,6,8-9,16,18H,5,7H2,1-2H3,(H,26,27)/t16-/m0/s1. The Labute approximate surface area is 190 Å². The number of pyridine rings is 1. The summed E-state index contributed by atoms with van der Waals surface area (Å²) in [5.41, 5.74) is -0.669. The van der Waals surface area contributed by atoms with Crippen molar-refractivity contribution in [1.82, 2.24) is 29.5 Å². The normalized spacial score (nSPS) is 16.6. The lowest BCUT2D eigenvalue weighted by Crippen LogP contribution is -2.41. The van der Waals surface area contributed by atoms with Gasteiger partial charge in [-0.2, -0.15) is 5.10 Å². The van der Waals surface area contributed by atoms with E-state index in [9.17, 15) is 18.0 Å². The molecule has 1 N–H and O–H groups in total. The Morgan fingerprint density at radius 1 is 1.39 bits per heavy atom. The molecule has 172 valence electrons. The van der Waals surface area contributed by atoms with E-state index >= 15 is 0 Å². The van der Waals surface area contributed by atoms with Gasteiger partial charge in [-0.3, -0.25) is 4.79 Å². The van der Waals surface area contributed by atoms with Crippen molar-refractivity contribution in [2.45, 2.75) is 38.4 Å². The van der Waals surface area contributed by atoms with Crippen LogP contribution >= 0.6 is 11.6 Å². The van der Waals surface area contributed by atoms with Gasteiger partial charge in [0.15, 0.2) is 11.4 Å². The first-order valence-electron chi connectivity index (χ1n) is 10.1. The number of nitrogens with one attached hydrogen (secondary N) is 1. The summed E-state index contributed by atoms with van der Waals surface area (Å²) in [6.07, 6.45) is 0.483. The van der Waals surface area contributed by atoms with Crippen molar-refractivity contribution in [1.29, 1.82) is 0 Å². The molecule has 12 heteroatoms. The molecule has 0 aromatic carbocycles. The molecule has 0 unspecified atom stereocenters. The van der Waals surface area contributed by atoms with Crippen LogP contribution in [0.2, 0.25) is 5.02 Å². The lowest BCUT2D eigenvalue weighted by Gasteiger charge is -2.33. The minimum atomic E-state index is -3.12. The Balaban J connectivity index is 1.63. The van der Waals surface area contributed by atoms with Crippen LogP contribution in [-0.4, -0.2) is 41.9 Å². The number of halogens is 4. The number of amides is 1. The number of fused-ring (bicyclic) bond motifs is 2. The topological polar surface area (TPSA) is 92.3 Å². The van der Waals surface area contributed by atoms with E-state index in [-0.39, 0.29) is 6.54 Å². The van der Waals surface area contributed by atoms with Gasteiger partial charge in [0.2, 0.25) is 11.7 Å². The number of hydrogen-bond acceptors (Lipinski definition) is 5. The second-order valence-corrected chi connectivity index (χ2v) is 8.59. The van der Waals surface area contributed by atoms with Crippen LogP contribution in [0.25, 0.3) is 5.52 Å². The van der Waals surface area contributed by atoms with E-state index in [4.69, 9.17) is 16.0 Å². The number of alkyl halides is 3. The summed E-state index contributed by atoms with van der Waals surface area (Å²) in [7, 11) is 0. The summed E-state index contributed by atoms with van der Waals surface area (Å²) >= 11 is 6.28. The van der Waals surface area contributed by atoms with Gasteiger partial charge in [0.25, 0.3) is 12.3 Å². The van der Waals surface area contributed by atoms with Crippen LogP contribution in [-0.2, 0) is 12.1 Å². The van der Waals surface area contributed by atoms with Crippen molar-refractivity contribution >= 4 is 23.0 Å². The van der Waals surface area contributed by atoms with Crippen LogP contribution in [0.1, 0.15) is 65.5 Å². The van der Waals surface area contributed by atoms with Crippen molar-refractivity contribution in [2.24, 2.45) is 0 Å². The molecule has 0 radical (unpaired) electrons. The van der Waals surface area contributed by atoms with Gasteiger partial charge < -0.3 is 14.3 Å². The third-order valence-electron chi connectivity index (χ3n) is 5.50. The maximum Gasteiger partial charge on any atom is 0.292 e. The molecule has 0 bridgehead atoms. The number of hydrogen-bond donors (Lipinski definition) is 1. The van der Waals surface area contributed by atoms with Crippen LogP contribution < -0.4 is 0 Å². The number of imidazole rings is 1. The first-order valence-corrected chi connectivity index (χ1v) is 10.5. The average molecular weight is 479 g/mol. The fourth-order valence-electron chi connectivity index (χ4n) is 3.95. The summed E-state index contributed by atoms with van der Waals surface area (Å²) < 4.78 is 48.6. The molecule has 5 rings (SSSR count). The SMILES string of the molecule is CC(C)(F)c1nc(C(F)F)c(C(=O)N2CCc3[nH]cnc3[C@@H]2c2cc3c(Cl)cccn3n2)o1. The van der Waals surface area contributed by atoms with Gasteiger partial charge in [0.1, 0.15) is 6.04 Å². The second kappa shape index (κ2) is 7.62. The molecule has 4 aromatic rings. The zero-order valence-electron chi connectivity index (χ0n) is 17.5. The fraction of sp³-hybridized carbons (Fsp3) is 0.333. The summed E-state index contributed by atoms with van der Waals surface area (Å²) in [4.78, 5) is 25.8. The predicted molar refractivity (Wildman–Crippen MR) is 111 cm³/mol. The fourth-order valence-corrected chi connectivity index (χ4v) is 4.16. The number of aromatic nitrogens is 5. The monoisotopic (exact) mass is 478 g/mol. The molecule has 33 heavy (non-hydrogen) atoms. The van der Waals surface area contributed by atoms with E-state index in [1.54, 1.807) is 28.9 Å². The molecule has 4 aromatic heterocycles. The third kappa shape index (κ3) is 3.56. The minimum Gasteiger partial charge on any atom is -0.431 e. The maximum atomic E-state index is 14.4. The smallest absolute Gasteiger partial charge is 0.292 e. The Bertz CT molecular complexity index is 1360. The Kier molecular flexibility index (Phi) is 4.96. The first kappa shape index (κ1) is 21.5. The van der Waals surface area contributed by atoms with E-state index in [0.29, 0.717) is 28.3 Å². The average Bonchev–Trinajstić information content (AvgIpc) is 3.49. The van der Waals surface area contributed by atoms with Crippen molar-refractivity contribution in [3.05, 3.63) is 70.2 Å². The van der Waals surface area contributed by atoms with E-state index in [0.717, 1.165) is 19.5 Å². The summed E-state index contributed by atoms with van der Waals surface area (Å²) in [6, 6.07) is 4.33. The molecule has 5 heterocycles. The minimum absolute atomic E-state index is 0.165. The molecule has 1 amide bonds. The Morgan fingerprint density at radius 3 is 2.88 bits per heavy atom. The number of oxazole rings is 1. The quantitative estimate of drug-likeness (QED) is 0.461. The zero-order valence-corrected chi connectivity index (χ0v) is 18.3. The molecule has 0 aliphatic carbocycles. The Hall–Kier alpha value is -3.34. The van der Waals surface area contributed by atoms with Crippen molar-refractivity contribution < 1.29 is 22.4 Å². The van der Waals surface area contributed by atoms with Gasteiger partial charge in [0.05, 0.1) is 28.3 Å². The highest BCUT2D eigenvalue weighted by molar-refractivity contribution is 6.33. The number of nitrogens with zero attached hydrogens (tertiary/aromatic N) is 5. The van der Waals surface area contributed by atoms with Crippen molar-refractivity contribution in [3.8, 4) is 0 Å². The van der Waals surface area contributed by atoms with Crippen LogP contribution in [0.15, 0.2) is 35.1 Å². The molecule has 0 fully saturated rings. The number of aromatic amines is 1. The Morgan fingerprint density at radius 2 is 2.18 bits per heavy atom. The maximum absolute atomic E-state index is 14.4. The van der Waals surface area contributed by atoms with E-state index in [1.165, 1.54) is 11.2 Å². The number of rotatable bonds is 4. The molecule has 0 saturated carbocycles. The summed E-state index contributed by atoms with van der Waals surface area (Å²) in [6.45, 7) is 2.39. The molecular weight excluding hydrogens is 461 g/mol. The number of H-pyrrole nitrogens is 1. The van der Waals surface area contributed by atoms with Crippen LogP contribution in [0.5, 0.6) is 0 Å². The highest BCUT2D eigenvalue weighted by Gasteiger charge is 2.41. The highest BCUT2D eigenvalue weighted by Crippen LogP contribution is 2.37. The molecule has 8 nitrogen and oxygen atoms in total. The largest absolute Gasteiger partial charge is 0.431 e. The van der Waals surface area contributed by atoms with Crippen LogP contribution in [0, 0.1) is 0 Å². The summed E-state index contributed by atoms with van der Waals surface area (Å²) in [5, 5.41) is 4.99. The first-order chi connectivity index (χ1) is 15.6. The van der Waals surface area contributed by atoms with Gasteiger partial charge in [-0.1, -0.05) is 11.6 Å². The molecule has 0 saturated heterocycles. The molecule has 0 spiro atoms. The van der Waals surface area contributed by atoms with Crippen molar-refractivity contribution in [2.75, 3.05) is 6.54 Å². The number of carbonyl (C=O) groups excluding carboxylic acids is 1. The molecular formula is C21H18ClF3N6O2. The lowest BCUT2D eigenvalue weighted by atomic mass is 9.99. The second-order valence-electron chi connectivity index (χ2n) is 8.18. The predicted octanol–water partition coefficient (Wildman–Crippen LogP) is 4.63. The van der Waals surface area contributed by atoms with Gasteiger partial charge >= 0.3 is 0 Å². The van der Waals surface area contributed by atoms with E-state index in [1.807, 2.05) is 0 Å².